The molecule has 0 bridgehead atoms. The SMILES string of the molecule is CC/C=C\C[C@H](O)CCCC(=O)[O-].[Na+]. The van der Waals surface area contributed by atoms with Crippen LogP contribution < -0.4 is 34.7 Å². The zero-order valence-corrected chi connectivity index (χ0v) is 11.0. The van der Waals surface area contributed by atoms with Crippen molar-refractivity contribution in [3.8, 4) is 0 Å². The van der Waals surface area contributed by atoms with Crippen molar-refractivity contribution in [1.82, 2.24) is 0 Å². The molecule has 0 spiro atoms. The van der Waals surface area contributed by atoms with Gasteiger partial charge in [0.05, 0.1) is 6.10 Å². The van der Waals surface area contributed by atoms with Crippen LogP contribution in [0.5, 0.6) is 0 Å². The zero-order chi connectivity index (χ0) is 10.1. The largest absolute Gasteiger partial charge is 1.00 e. The fraction of sp³-hybridized carbons (Fsp3) is 0.700. The normalized spacial score (nSPS) is 12.4. The average Bonchev–Trinajstić information content (AvgIpc) is 2.04. The number of carboxylic acid groups (broad SMARTS) is 1. The molecule has 0 aliphatic rings. The third-order valence-corrected chi connectivity index (χ3v) is 1.73. The predicted molar refractivity (Wildman–Crippen MR) is 48.9 cm³/mol. The molecular formula is C10H17NaO3. The van der Waals surface area contributed by atoms with E-state index in [2.05, 4.69) is 0 Å². The topological polar surface area (TPSA) is 60.4 Å². The minimum absolute atomic E-state index is 0. The molecule has 14 heavy (non-hydrogen) atoms. The van der Waals surface area contributed by atoms with Crippen LogP contribution in [0, 0.1) is 0 Å². The van der Waals surface area contributed by atoms with Crippen LogP contribution in [0.1, 0.15) is 39.0 Å². The number of hydrogen-bond acceptors (Lipinski definition) is 3. The van der Waals surface area contributed by atoms with E-state index in [1.807, 2.05) is 19.1 Å². The molecule has 1 N–H and O–H groups in total. The van der Waals surface area contributed by atoms with Gasteiger partial charge in [-0.05, 0) is 32.1 Å². The number of aliphatic carboxylic acids is 1. The third-order valence-electron chi connectivity index (χ3n) is 1.73. The maximum Gasteiger partial charge on any atom is 1.00 e. The quantitative estimate of drug-likeness (QED) is 0.376. The van der Waals surface area contributed by atoms with Crippen molar-refractivity contribution in [1.29, 1.82) is 0 Å². The number of carbonyl (C=O) groups excluding carboxylic acids is 1. The summed E-state index contributed by atoms with van der Waals surface area (Å²) in [5.41, 5.74) is 0. The van der Waals surface area contributed by atoms with Gasteiger partial charge in [0.2, 0.25) is 0 Å². The summed E-state index contributed by atoms with van der Waals surface area (Å²) in [4.78, 5) is 10.0. The fourth-order valence-electron chi connectivity index (χ4n) is 1.02. The van der Waals surface area contributed by atoms with E-state index < -0.39 is 12.1 Å². The predicted octanol–water partition coefficient (Wildman–Crippen LogP) is -2.37. The number of carboxylic acids is 1. The van der Waals surface area contributed by atoms with Gasteiger partial charge in [-0.2, -0.15) is 0 Å². The van der Waals surface area contributed by atoms with E-state index in [-0.39, 0.29) is 36.0 Å². The Morgan fingerprint density at radius 1 is 1.50 bits per heavy atom. The van der Waals surface area contributed by atoms with Crippen molar-refractivity contribution in [2.75, 3.05) is 0 Å². The van der Waals surface area contributed by atoms with E-state index in [1.54, 1.807) is 0 Å². The monoisotopic (exact) mass is 208 g/mol. The van der Waals surface area contributed by atoms with Gasteiger partial charge < -0.3 is 15.0 Å². The van der Waals surface area contributed by atoms with Crippen molar-refractivity contribution >= 4 is 5.97 Å². The van der Waals surface area contributed by atoms with Crippen molar-refractivity contribution in [3.63, 3.8) is 0 Å². The molecule has 76 valence electrons. The number of allylic oxidation sites excluding steroid dienone is 1. The Labute approximate surface area is 107 Å². The second-order valence-electron chi connectivity index (χ2n) is 3.03. The first-order valence-corrected chi connectivity index (χ1v) is 4.69. The van der Waals surface area contributed by atoms with Crippen LogP contribution >= 0.6 is 0 Å². The molecule has 0 aromatic heterocycles. The standard InChI is InChI=1S/C10H18O3.Na/c1-2-3-4-6-9(11)7-5-8-10(12)13;/h3-4,9,11H,2,5-8H2,1H3,(H,12,13);/q;+1/p-1/b4-3-;/t9-;/m0./s1. The van der Waals surface area contributed by atoms with Gasteiger partial charge in [0.15, 0.2) is 0 Å². The first-order valence-electron chi connectivity index (χ1n) is 4.69. The smallest absolute Gasteiger partial charge is 0.550 e. The Hall–Kier alpha value is 0.170. The molecule has 0 saturated heterocycles. The van der Waals surface area contributed by atoms with Gasteiger partial charge in [-0.3, -0.25) is 0 Å². The summed E-state index contributed by atoms with van der Waals surface area (Å²) in [6.45, 7) is 2.03. The van der Waals surface area contributed by atoms with E-state index in [4.69, 9.17) is 0 Å². The zero-order valence-electron chi connectivity index (χ0n) is 9.03. The summed E-state index contributed by atoms with van der Waals surface area (Å²) in [6, 6.07) is 0. The molecule has 0 aliphatic carbocycles. The van der Waals surface area contributed by atoms with Gasteiger partial charge in [0, 0.05) is 5.97 Å². The maximum atomic E-state index is 10.0. The molecule has 0 unspecified atom stereocenters. The van der Waals surface area contributed by atoms with Crippen LogP contribution in [0.3, 0.4) is 0 Å². The van der Waals surface area contributed by atoms with E-state index in [9.17, 15) is 15.0 Å². The van der Waals surface area contributed by atoms with E-state index >= 15 is 0 Å². The van der Waals surface area contributed by atoms with Gasteiger partial charge in [-0.25, -0.2) is 0 Å². The third kappa shape index (κ3) is 12.2. The number of hydrogen-bond donors (Lipinski definition) is 1. The summed E-state index contributed by atoms with van der Waals surface area (Å²) in [5.74, 6) is -1.05. The van der Waals surface area contributed by atoms with Gasteiger partial charge in [0.25, 0.3) is 0 Å². The summed E-state index contributed by atoms with van der Waals surface area (Å²) in [6.07, 6.45) is 6.13. The van der Waals surface area contributed by atoms with Crippen LogP contribution in [0.2, 0.25) is 0 Å². The fourth-order valence-corrected chi connectivity index (χ4v) is 1.02. The van der Waals surface area contributed by atoms with Crippen molar-refractivity contribution in [3.05, 3.63) is 12.2 Å². The van der Waals surface area contributed by atoms with Gasteiger partial charge >= 0.3 is 29.6 Å². The molecule has 0 aliphatic heterocycles. The molecule has 0 aromatic carbocycles. The Bertz CT molecular complexity index is 169. The van der Waals surface area contributed by atoms with Gasteiger partial charge in [-0.1, -0.05) is 19.1 Å². The minimum Gasteiger partial charge on any atom is -0.550 e. The Morgan fingerprint density at radius 3 is 2.64 bits per heavy atom. The van der Waals surface area contributed by atoms with Crippen molar-refractivity contribution in [2.45, 2.75) is 45.1 Å². The molecule has 0 fully saturated rings. The van der Waals surface area contributed by atoms with E-state index in [0.717, 1.165) is 6.42 Å². The average molecular weight is 208 g/mol. The molecule has 0 amide bonds. The number of aliphatic hydroxyl groups excluding tert-OH is 1. The molecular weight excluding hydrogens is 191 g/mol. The molecule has 1 atom stereocenters. The minimum atomic E-state index is -1.05. The first kappa shape index (κ1) is 16.6. The number of rotatable bonds is 7. The first-order chi connectivity index (χ1) is 6.16. The second kappa shape index (κ2) is 11.2. The molecule has 0 saturated carbocycles. The maximum absolute atomic E-state index is 10.0. The Kier molecular flexibility index (Phi) is 13.3. The molecule has 4 heteroatoms. The van der Waals surface area contributed by atoms with Crippen LogP contribution in [-0.2, 0) is 4.79 Å². The van der Waals surface area contributed by atoms with Crippen LogP contribution in [-0.4, -0.2) is 17.2 Å². The van der Waals surface area contributed by atoms with Crippen molar-refractivity contribution < 1.29 is 44.6 Å². The molecule has 0 heterocycles. The van der Waals surface area contributed by atoms with Gasteiger partial charge in [-0.15, -0.1) is 0 Å². The van der Waals surface area contributed by atoms with Gasteiger partial charge in [0.1, 0.15) is 0 Å². The Morgan fingerprint density at radius 2 is 2.14 bits per heavy atom. The molecule has 3 nitrogen and oxygen atoms in total. The Balaban J connectivity index is 0. The van der Waals surface area contributed by atoms with E-state index in [1.165, 1.54) is 0 Å². The van der Waals surface area contributed by atoms with Crippen LogP contribution in [0.4, 0.5) is 0 Å². The number of carbonyl (C=O) groups is 1. The number of aliphatic hydroxyl groups is 1. The second-order valence-corrected chi connectivity index (χ2v) is 3.03. The van der Waals surface area contributed by atoms with Crippen LogP contribution in [0.15, 0.2) is 12.2 Å². The van der Waals surface area contributed by atoms with E-state index in [0.29, 0.717) is 19.3 Å². The summed E-state index contributed by atoms with van der Waals surface area (Å²) >= 11 is 0. The molecule has 0 rings (SSSR count). The van der Waals surface area contributed by atoms with Crippen LogP contribution in [0.25, 0.3) is 0 Å². The summed E-state index contributed by atoms with van der Waals surface area (Å²) < 4.78 is 0. The molecule has 0 radical (unpaired) electrons. The molecule has 0 aromatic rings. The summed E-state index contributed by atoms with van der Waals surface area (Å²) in [5, 5.41) is 19.4. The van der Waals surface area contributed by atoms with Crippen molar-refractivity contribution in [2.24, 2.45) is 0 Å². The summed E-state index contributed by atoms with van der Waals surface area (Å²) in [7, 11) is 0.